The van der Waals surface area contributed by atoms with E-state index >= 15 is 0 Å². The summed E-state index contributed by atoms with van der Waals surface area (Å²) in [5, 5.41) is 0. The highest BCUT2D eigenvalue weighted by Crippen LogP contribution is 2.37. The summed E-state index contributed by atoms with van der Waals surface area (Å²) in [7, 11) is 0. The van der Waals surface area contributed by atoms with E-state index in [1.807, 2.05) is 36.4 Å². The maximum atomic E-state index is 11.8. The van der Waals surface area contributed by atoms with Crippen LogP contribution in [0.1, 0.15) is 27.6 Å². The lowest BCUT2D eigenvalue weighted by Crippen LogP contribution is -2.00. The lowest BCUT2D eigenvalue weighted by molar-refractivity contribution is 0.0456. The van der Waals surface area contributed by atoms with Crippen molar-refractivity contribution in [3.63, 3.8) is 0 Å². The van der Waals surface area contributed by atoms with Gasteiger partial charge in [0, 0.05) is 14.5 Å². The molecule has 0 aliphatic carbocycles. The monoisotopic (exact) mass is 366 g/mol. The summed E-state index contributed by atoms with van der Waals surface area (Å²) in [6, 6.07) is 13.5. The number of carbonyl (C=O) groups is 1. The van der Waals surface area contributed by atoms with E-state index in [1.54, 1.807) is 6.07 Å². The number of esters is 1. The van der Waals surface area contributed by atoms with E-state index in [-0.39, 0.29) is 12.1 Å². The smallest absolute Gasteiger partial charge is 0.339 e. The molecular formula is C14H8Br2O2. The quantitative estimate of drug-likeness (QED) is 0.695. The second-order valence-electron chi connectivity index (χ2n) is 4.07. The number of benzene rings is 2. The topological polar surface area (TPSA) is 26.3 Å². The van der Waals surface area contributed by atoms with Crippen LogP contribution < -0.4 is 0 Å². The number of ether oxygens (including phenoxy) is 1. The van der Waals surface area contributed by atoms with Crippen molar-refractivity contribution in [1.29, 1.82) is 0 Å². The van der Waals surface area contributed by atoms with Gasteiger partial charge in [0.05, 0.1) is 5.56 Å². The predicted octanol–water partition coefficient (Wildman–Crippen LogP) is 4.47. The first-order valence-corrected chi connectivity index (χ1v) is 6.99. The molecule has 0 N–H and O–H groups in total. The molecule has 0 bridgehead atoms. The lowest BCUT2D eigenvalue weighted by atomic mass is 9.99. The summed E-state index contributed by atoms with van der Waals surface area (Å²) in [5.41, 5.74) is 2.54. The molecule has 0 radical (unpaired) electrons. The fourth-order valence-corrected chi connectivity index (χ4v) is 2.68. The zero-order valence-corrected chi connectivity index (χ0v) is 12.4. The second kappa shape index (κ2) is 4.52. The number of rotatable bonds is 1. The molecule has 1 heterocycles. The van der Waals surface area contributed by atoms with Crippen molar-refractivity contribution in [2.45, 2.75) is 6.10 Å². The Morgan fingerprint density at radius 1 is 0.944 bits per heavy atom. The average molecular weight is 368 g/mol. The van der Waals surface area contributed by atoms with Crippen molar-refractivity contribution in [2.75, 3.05) is 0 Å². The van der Waals surface area contributed by atoms with Crippen LogP contribution in [0.15, 0.2) is 51.4 Å². The third-order valence-electron chi connectivity index (χ3n) is 2.92. The number of cyclic esters (lactones) is 1. The molecule has 0 fully saturated rings. The summed E-state index contributed by atoms with van der Waals surface area (Å²) < 4.78 is 7.33. The van der Waals surface area contributed by atoms with Gasteiger partial charge >= 0.3 is 5.97 Å². The fraction of sp³-hybridized carbons (Fsp3) is 0.0714. The van der Waals surface area contributed by atoms with Crippen LogP contribution in [0.4, 0.5) is 0 Å². The van der Waals surface area contributed by atoms with Crippen molar-refractivity contribution in [3.8, 4) is 0 Å². The second-order valence-corrected chi connectivity index (χ2v) is 5.90. The van der Waals surface area contributed by atoms with E-state index in [4.69, 9.17) is 4.74 Å². The van der Waals surface area contributed by atoms with Gasteiger partial charge in [0.1, 0.15) is 0 Å². The minimum Gasteiger partial charge on any atom is -0.449 e. The van der Waals surface area contributed by atoms with E-state index in [1.165, 1.54) is 0 Å². The molecule has 0 spiro atoms. The van der Waals surface area contributed by atoms with E-state index in [0.717, 1.165) is 20.1 Å². The van der Waals surface area contributed by atoms with Crippen molar-refractivity contribution in [1.82, 2.24) is 0 Å². The lowest BCUT2D eigenvalue weighted by Gasteiger charge is -2.11. The van der Waals surface area contributed by atoms with Gasteiger partial charge in [0.15, 0.2) is 6.10 Å². The Hall–Kier alpha value is -1.13. The van der Waals surface area contributed by atoms with Crippen molar-refractivity contribution >= 4 is 37.8 Å². The molecular weight excluding hydrogens is 360 g/mol. The molecule has 1 aliphatic heterocycles. The Labute approximate surface area is 121 Å². The van der Waals surface area contributed by atoms with Gasteiger partial charge in [0.25, 0.3) is 0 Å². The maximum absolute atomic E-state index is 11.8. The Bertz CT molecular complexity index is 620. The molecule has 4 heteroatoms. The zero-order chi connectivity index (χ0) is 12.7. The number of fused-ring (bicyclic) bond motifs is 1. The molecule has 2 aromatic carbocycles. The van der Waals surface area contributed by atoms with Gasteiger partial charge in [-0.3, -0.25) is 0 Å². The van der Waals surface area contributed by atoms with Crippen LogP contribution in [0.2, 0.25) is 0 Å². The van der Waals surface area contributed by atoms with Crippen LogP contribution in [0.25, 0.3) is 0 Å². The highest BCUT2D eigenvalue weighted by Gasteiger charge is 2.32. The zero-order valence-electron chi connectivity index (χ0n) is 9.19. The van der Waals surface area contributed by atoms with E-state index in [9.17, 15) is 4.79 Å². The molecule has 1 unspecified atom stereocenters. The fourth-order valence-electron chi connectivity index (χ4n) is 2.05. The van der Waals surface area contributed by atoms with Gasteiger partial charge in [-0.25, -0.2) is 4.79 Å². The molecule has 1 atom stereocenters. The molecule has 0 saturated heterocycles. The van der Waals surface area contributed by atoms with Crippen molar-refractivity contribution in [3.05, 3.63) is 68.1 Å². The summed E-state index contributed by atoms with van der Waals surface area (Å²) in [4.78, 5) is 11.8. The van der Waals surface area contributed by atoms with Gasteiger partial charge in [0.2, 0.25) is 0 Å². The summed E-state index contributed by atoms with van der Waals surface area (Å²) in [6.45, 7) is 0. The van der Waals surface area contributed by atoms with E-state index < -0.39 is 0 Å². The SMILES string of the molecule is O=C1OC(c2ccc(Br)cc2)c2ccc(Br)cc21. The highest BCUT2D eigenvalue weighted by atomic mass is 79.9. The Morgan fingerprint density at radius 2 is 1.61 bits per heavy atom. The summed E-state index contributed by atoms with van der Waals surface area (Å²) >= 11 is 6.76. The van der Waals surface area contributed by atoms with Gasteiger partial charge < -0.3 is 4.74 Å². The van der Waals surface area contributed by atoms with Gasteiger partial charge in [-0.05, 0) is 29.8 Å². The largest absolute Gasteiger partial charge is 0.449 e. The minimum atomic E-state index is -0.298. The van der Waals surface area contributed by atoms with Crippen LogP contribution in [0, 0.1) is 0 Å². The van der Waals surface area contributed by atoms with Crippen LogP contribution in [-0.2, 0) is 4.74 Å². The third kappa shape index (κ3) is 1.99. The normalized spacial score (nSPS) is 17.4. The first-order chi connectivity index (χ1) is 8.65. The van der Waals surface area contributed by atoms with Gasteiger partial charge in [-0.2, -0.15) is 0 Å². The Morgan fingerprint density at radius 3 is 2.33 bits per heavy atom. The highest BCUT2D eigenvalue weighted by molar-refractivity contribution is 9.10. The van der Waals surface area contributed by atoms with Gasteiger partial charge in [-0.1, -0.05) is 50.1 Å². The third-order valence-corrected chi connectivity index (χ3v) is 3.94. The summed E-state index contributed by atoms with van der Waals surface area (Å²) in [6.07, 6.45) is -0.298. The van der Waals surface area contributed by atoms with Crippen LogP contribution in [-0.4, -0.2) is 5.97 Å². The molecule has 2 aromatic rings. The number of halogens is 2. The number of hydrogen-bond donors (Lipinski definition) is 0. The molecule has 1 aliphatic rings. The average Bonchev–Trinajstić information content (AvgIpc) is 2.68. The standard InChI is InChI=1S/C14H8Br2O2/c15-9-3-1-8(2-4-9)13-11-6-5-10(16)7-12(11)14(17)18-13/h1-7,13H. The molecule has 0 saturated carbocycles. The first kappa shape index (κ1) is 11.9. The predicted molar refractivity (Wildman–Crippen MR) is 75.5 cm³/mol. The Balaban J connectivity index is 2.07. The molecule has 2 nitrogen and oxygen atoms in total. The van der Waals surface area contributed by atoms with Crippen LogP contribution in [0.3, 0.4) is 0 Å². The van der Waals surface area contributed by atoms with Crippen LogP contribution in [0.5, 0.6) is 0 Å². The van der Waals surface area contributed by atoms with Gasteiger partial charge in [-0.15, -0.1) is 0 Å². The molecule has 3 rings (SSSR count). The molecule has 18 heavy (non-hydrogen) atoms. The van der Waals surface area contributed by atoms with Crippen molar-refractivity contribution in [2.24, 2.45) is 0 Å². The number of hydrogen-bond acceptors (Lipinski definition) is 2. The maximum Gasteiger partial charge on any atom is 0.339 e. The Kier molecular flexibility index (Phi) is 2.99. The van der Waals surface area contributed by atoms with Crippen molar-refractivity contribution < 1.29 is 9.53 Å². The molecule has 0 aromatic heterocycles. The molecule has 90 valence electrons. The number of carbonyl (C=O) groups excluding carboxylic acids is 1. The first-order valence-electron chi connectivity index (χ1n) is 5.41. The molecule has 0 amide bonds. The minimum absolute atomic E-state index is 0.265. The van der Waals surface area contributed by atoms with E-state index in [2.05, 4.69) is 31.9 Å². The van der Waals surface area contributed by atoms with Crippen LogP contribution >= 0.6 is 31.9 Å². The van der Waals surface area contributed by atoms with E-state index in [0.29, 0.717) is 5.56 Å². The summed E-state index contributed by atoms with van der Waals surface area (Å²) in [5.74, 6) is -0.265.